The number of carbonyl (C=O) groups excluding carboxylic acids is 1. The quantitative estimate of drug-likeness (QED) is 0.615. The standard InChI is InChI=1S/C21H21ClN2O4S/c1-15-3-10-19(11-4-15)29(26,27)24(2)14-21(25)23-13-18-9-12-20(28-18)16-5-7-17(22)8-6-16/h3-12H,13-14H2,1-2H3,(H,23,25). The number of rotatable bonds is 7. The molecule has 0 saturated carbocycles. The number of sulfonamides is 1. The van der Waals surface area contributed by atoms with Crippen LogP contribution in [-0.4, -0.2) is 32.2 Å². The summed E-state index contributed by atoms with van der Waals surface area (Å²) in [4.78, 5) is 12.3. The largest absolute Gasteiger partial charge is 0.459 e. The highest BCUT2D eigenvalue weighted by Crippen LogP contribution is 2.23. The molecule has 0 atom stereocenters. The van der Waals surface area contributed by atoms with Crippen molar-refractivity contribution in [1.29, 1.82) is 0 Å². The fourth-order valence-electron chi connectivity index (χ4n) is 2.66. The molecule has 8 heteroatoms. The molecule has 0 aliphatic rings. The number of hydrogen-bond donors (Lipinski definition) is 1. The van der Waals surface area contributed by atoms with Crippen molar-refractivity contribution >= 4 is 27.5 Å². The molecule has 0 aliphatic heterocycles. The van der Waals surface area contributed by atoms with Crippen LogP contribution in [0.2, 0.25) is 5.02 Å². The van der Waals surface area contributed by atoms with Crippen molar-refractivity contribution < 1.29 is 17.6 Å². The van der Waals surface area contributed by atoms with Crippen molar-refractivity contribution in [1.82, 2.24) is 9.62 Å². The molecule has 0 saturated heterocycles. The summed E-state index contributed by atoms with van der Waals surface area (Å²) >= 11 is 5.88. The monoisotopic (exact) mass is 432 g/mol. The van der Waals surface area contributed by atoms with Crippen LogP contribution in [0.5, 0.6) is 0 Å². The Morgan fingerprint density at radius 1 is 1.03 bits per heavy atom. The molecule has 0 unspecified atom stereocenters. The van der Waals surface area contributed by atoms with Crippen molar-refractivity contribution in [2.45, 2.75) is 18.4 Å². The molecule has 0 radical (unpaired) electrons. The van der Waals surface area contributed by atoms with E-state index in [1.54, 1.807) is 36.4 Å². The van der Waals surface area contributed by atoms with E-state index in [9.17, 15) is 13.2 Å². The topological polar surface area (TPSA) is 79.6 Å². The van der Waals surface area contributed by atoms with E-state index in [0.717, 1.165) is 15.4 Å². The second-order valence-corrected chi connectivity index (χ2v) is 9.11. The number of benzene rings is 2. The van der Waals surface area contributed by atoms with Crippen LogP contribution in [-0.2, 0) is 21.4 Å². The number of likely N-dealkylation sites (N-methyl/N-ethyl adjacent to an activating group) is 1. The van der Waals surface area contributed by atoms with Gasteiger partial charge in [0.05, 0.1) is 18.0 Å². The van der Waals surface area contributed by atoms with Gasteiger partial charge in [-0.3, -0.25) is 4.79 Å². The van der Waals surface area contributed by atoms with Gasteiger partial charge in [-0.2, -0.15) is 4.31 Å². The number of carbonyl (C=O) groups is 1. The van der Waals surface area contributed by atoms with E-state index < -0.39 is 15.9 Å². The Morgan fingerprint density at radius 2 is 1.69 bits per heavy atom. The number of nitrogens with one attached hydrogen (secondary N) is 1. The zero-order valence-electron chi connectivity index (χ0n) is 16.1. The minimum absolute atomic E-state index is 0.150. The summed E-state index contributed by atoms with van der Waals surface area (Å²) in [6.45, 7) is 1.74. The number of amides is 1. The van der Waals surface area contributed by atoms with Crippen LogP contribution >= 0.6 is 11.6 Å². The maximum absolute atomic E-state index is 12.6. The summed E-state index contributed by atoms with van der Waals surface area (Å²) in [5.41, 5.74) is 1.83. The minimum atomic E-state index is -3.73. The summed E-state index contributed by atoms with van der Waals surface area (Å²) < 4.78 is 31.9. The molecule has 2 aromatic carbocycles. The highest BCUT2D eigenvalue weighted by Gasteiger charge is 2.22. The van der Waals surface area contributed by atoms with Gasteiger partial charge in [-0.1, -0.05) is 29.3 Å². The van der Waals surface area contributed by atoms with Crippen LogP contribution in [0.1, 0.15) is 11.3 Å². The van der Waals surface area contributed by atoms with Crippen molar-refractivity contribution in [3.05, 3.63) is 77.0 Å². The van der Waals surface area contributed by atoms with Gasteiger partial charge < -0.3 is 9.73 Å². The van der Waals surface area contributed by atoms with Gasteiger partial charge in [0.1, 0.15) is 11.5 Å². The smallest absolute Gasteiger partial charge is 0.243 e. The molecule has 0 bridgehead atoms. The van der Waals surface area contributed by atoms with Crippen molar-refractivity contribution in [3.8, 4) is 11.3 Å². The average molecular weight is 433 g/mol. The van der Waals surface area contributed by atoms with E-state index in [2.05, 4.69) is 5.32 Å². The van der Waals surface area contributed by atoms with Crippen LogP contribution in [0.3, 0.4) is 0 Å². The molecular formula is C21H21ClN2O4S. The number of nitrogens with zero attached hydrogens (tertiary/aromatic N) is 1. The SMILES string of the molecule is Cc1ccc(S(=O)(=O)N(C)CC(=O)NCc2ccc(-c3ccc(Cl)cc3)o2)cc1. The van der Waals surface area contributed by atoms with E-state index in [1.807, 2.05) is 19.1 Å². The third-order valence-corrected chi connectivity index (χ3v) is 6.42. The lowest BCUT2D eigenvalue weighted by Gasteiger charge is -2.16. The maximum atomic E-state index is 12.6. The first-order valence-corrected chi connectivity index (χ1v) is 10.7. The van der Waals surface area contributed by atoms with Crippen LogP contribution in [0.15, 0.2) is 70.0 Å². The normalized spacial score (nSPS) is 11.6. The fourth-order valence-corrected chi connectivity index (χ4v) is 3.91. The Labute approximate surface area is 175 Å². The molecule has 1 N–H and O–H groups in total. The Balaban J connectivity index is 1.57. The molecule has 152 valence electrons. The summed E-state index contributed by atoms with van der Waals surface area (Å²) in [6.07, 6.45) is 0. The van der Waals surface area contributed by atoms with Gasteiger partial charge in [-0.05, 0) is 55.5 Å². The molecule has 3 rings (SSSR count). The van der Waals surface area contributed by atoms with Gasteiger partial charge in [0.15, 0.2) is 0 Å². The highest BCUT2D eigenvalue weighted by atomic mass is 35.5. The molecule has 1 heterocycles. The maximum Gasteiger partial charge on any atom is 0.243 e. The zero-order valence-corrected chi connectivity index (χ0v) is 17.6. The van der Waals surface area contributed by atoms with E-state index in [4.69, 9.17) is 16.0 Å². The van der Waals surface area contributed by atoms with Gasteiger partial charge in [-0.25, -0.2) is 8.42 Å². The lowest BCUT2D eigenvalue weighted by molar-refractivity contribution is -0.121. The summed E-state index contributed by atoms with van der Waals surface area (Å²) in [7, 11) is -2.36. The molecule has 1 aromatic heterocycles. The predicted octanol–water partition coefficient (Wildman–Crippen LogP) is 3.85. The van der Waals surface area contributed by atoms with Gasteiger partial charge in [-0.15, -0.1) is 0 Å². The Hall–Kier alpha value is -2.61. The van der Waals surface area contributed by atoms with Crippen molar-refractivity contribution in [2.75, 3.05) is 13.6 Å². The molecule has 0 spiro atoms. The molecule has 0 aliphatic carbocycles. The molecule has 0 fully saturated rings. The molecule has 1 amide bonds. The molecule has 6 nitrogen and oxygen atoms in total. The van der Waals surface area contributed by atoms with E-state index in [-0.39, 0.29) is 18.0 Å². The summed E-state index contributed by atoms with van der Waals surface area (Å²) in [5.74, 6) is 0.796. The fraction of sp³-hybridized carbons (Fsp3) is 0.190. The van der Waals surface area contributed by atoms with E-state index in [1.165, 1.54) is 19.2 Å². The number of aryl methyl sites for hydroxylation is 1. The first-order valence-electron chi connectivity index (χ1n) is 8.90. The van der Waals surface area contributed by atoms with E-state index in [0.29, 0.717) is 16.5 Å². The number of hydrogen-bond acceptors (Lipinski definition) is 4. The lowest BCUT2D eigenvalue weighted by atomic mass is 10.2. The van der Waals surface area contributed by atoms with Crippen molar-refractivity contribution in [2.24, 2.45) is 0 Å². The van der Waals surface area contributed by atoms with Gasteiger partial charge in [0.25, 0.3) is 0 Å². The van der Waals surface area contributed by atoms with E-state index >= 15 is 0 Å². The summed E-state index contributed by atoms with van der Waals surface area (Å²) in [6, 6.07) is 17.3. The number of furan rings is 1. The Kier molecular flexibility index (Phi) is 6.42. The van der Waals surface area contributed by atoms with Crippen LogP contribution < -0.4 is 5.32 Å². The third-order valence-electron chi connectivity index (χ3n) is 4.35. The predicted molar refractivity (Wildman–Crippen MR) is 112 cm³/mol. The van der Waals surface area contributed by atoms with Crippen LogP contribution in [0.4, 0.5) is 0 Å². The van der Waals surface area contributed by atoms with Gasteiger partial charge in [0.2, 0.25) is 15.9 Å². The third kappa shape index (κ3) is 5.26. The average Bonchev–Trinajstić information content (AvgIpc) is 3.16. The first-order chi connectivity index (χ1) is 13.8. The van der Waals surface area contributed by atoms with Crippen LogP contribution in [0.25, 0.3) is 11.3 Å². The lowest BCUT2D eigenvalue weighted by Crippen LogP contribution is -2.38. The van der Waals surface area contributed by atoms with Crippen molar-refractivity contribution in [3.63, 3.8) is 0 Å². The van der Waals surface area contributed by atoms with Gasteiger partial charge in [0, 0.05) is 17.6 Å². The molecule has 3 aromatic rings. The second kappa shape index (κ2) is 8.82. The molecular weight excluding hydrogens is 412 g/mol. The summed E-state index contributed by atoms with van der Waals surface area (Å²) in [5, 5.41) is 3.31. The Bertz CT molecular complexity index is 1090. The van der Waals surface area contributed by atoms with Gasteiger partial charge >= 0.3 is 0 Å². The Morgan fingerprint density at radius 3 is 2.34 bits per heavy atom. The first kappa shape index (κ1) is 21.1. The molecule has 29 heavy (non-hydrogen) atoms. The minimum Gasteiger partial charge on any atom is -0.459 e. The number of halogens is 1. The second-order valence-electron chi connectivity index (χ2n) is 6.62. The zero-order chi connectivity index (χ0) is 21.0. The highest BCUT2D eigenvalue weighted by molar-refractivity contribution is 7.89. The van der Waals surface area contributed by atoms with Crippen LogP contribution in [0, 0.1) is 6.92 Å².